The lowest BCUT2D eigenvalue weighted by Gasteiger charge is -2.36. The zero-order chi connectivity index (χ0) is 30.0. The van der Waals surface area contributed by atoms with Gasteiger partial charge in [0, 0.05) is 43.7 Å². The zero-order valence-electron chi connectivity index (χ0n) is 25.6. The van der Waals surface area contributed by atoms with E-state index >= 15 is 0 Å². The van der Waals surface area contributed by atoms with E-state index in [4.69, 9.17) is 4.74 Å². The summed E-state index contributed by atoms with van der Waals surface area (Å²) in [6, 6.07) is 9.56. The first kappa shape index (κ1) is 33.1. The highest BCUT2D eigenvalue weighted by molar-refractivity contribution is 7.99. The summed E-state index contributed by atoms with van der Waals surface area (Å²) < 4.78 is 8.95. The number of nitrogens with one attached hydrogen (secondary N) is 2. The Morgan fingerprint density at radius 1 is 1.07 bits per heavy atom. The van der Waals surface area contributed by atoms with Crippen LogP contribution in [-0.2, 0) is 20.9 Å². The van der Waals surface area contributed by atoms with Gasteiger partial charge in [-0.05, 0) is 70.1 Å². The summed E-state index contributed by atoms with van der Waals surface area (Å²) in [5.41, 5.74) is 0.509. The Kier molecular flexibility index (Phi) is 12.9. The SMILES string of the molecule is CC(C)(C)OC(=O)N(C(=O)[C@@H]1CCSNC1)[C@@H](CSCC1CCCCC1)C(=O)NC1CCN(Cc2ccccc2)CC1. The Hall–Kier alpha value is -1.75. The molecule has 234 valence electrons. The van der Waals surface area contributed by atoms with Crippen LogP contribution in [0.4, 0.5) is 4.79 Å². The Balaban J connectivity index is 1.45. The minimum atomic E-state index is -0.905. The number of hydrogen-bond donors (Lipinski definition) is 2. The molecule has 2 atom stereocenters. The number of piperidine rings is 1. The average molecular weight is 619 g/mol. The molecule has 0 spiro atoms. The average Bonchev–Trinajstić information content (AvgIpc) is 2.98. The van der Waals surface area contributed by atoms with Crippen molar-refractivity contribution in [1.82, 2.24) is 19.8 Å². The summed E-state index contributed by atoms with van der Waals surface area (Å²) in [5.74, 6) is 1.82. The topological polar surface area (TPSA) is 91.0 Å². The molecule has 2 aliphatic heterocycles. The van der Waals surface area contributed by atoms with Gasteiger partial charge in [0.25, 0.3) is 0 Å². The highest BCUT2D eigenvalue weighted by Gasteiger charge is 2.41. The zero-order valence-corrected chi connectivity index (χ0v) is 27.3. The molecule has 1 aromatic carbocycles. The molecular formula is C32H50N4O4S2. The molecule has 4 rings (SSSR count). The molecule has 1 aromatic rings. The van der Waals surface area contributed by atoms with Gasteiger partial charge in [-0.1, -0.05) is 61.5 Å². The number of ether oxygens (including phenoxy) is 1. The van der Waals surface area contributed by atoms with Crippen LogP contribution in [0.25, 0.3) is 0 Å². The largest absolute Gasteiger partial charge is 0.443 e. The molecule has 0 unspecified atom stereocenters. The maximum Gasteiger partial charge on any atom is 0.417 e. The van der Waals surface area contributed by atoms with Crippen LogP contribution in [0.15, 0.2) is 30.3 Å². The molecule has 1 saturated carbocycles. The van der Waals surface area contributed by atoms with Crippen LogP contribution < -0.4 is 10.0 Å². The number of likely N-dealkylation sites (tertiary alicyclic amines) is 1. The number of thioether (sulfide) groups is 1. The lowest BCUT2D eigenvalue weighted by Crippen LogP contribution is -2.59. The molecule has 2 N–H and O–H groups in total. The normalized spacial score (nSPS) is 21.8. The maximum absolute atomic E-state index is 14.0. The number of rotatable bonds is 10. The van der Waals surface area contributed by atoms with Gasteiger partial charge in [0.2, 0.25) is 11.8 Å². The quantitative estimate of drug-likeness (QED) is 0.334. The summed E-state index contributed by atoms with van der Waals surface area (Å²) in [6.07, 6.45) is 7.86. The van der Waals surface area contributed by atoms with Gasteiger partial charge in [-0.3, -0.25) is 19.2 Å². The summed E-state index contributed by atoms with van der Waals surface area (Å²) in [4.78, 5) is 45.1. The molecule has 2 saturated heterocycles. The second kappa shape index (κ2) is 16.4. The van der Waals surface area contributed by atoms with Gasteiger partial charge in [0.05, 0.1) is 5.92 Å². The van der Waals surface area contributed by atoms with E-state index in [9.17, 15) is 14.4 Å². The number of imide groups is 1. The van der Waals surface area contributed by atoms with Crippen LogP contribution in [0.1, 0.15) is 77.7 Å². The molecule has 3 aliphatic rings. The fraction of sp³-hybridized carbons (Fsp3) is 0.719. The second-order valence-corrected chi connectivity index (χ2v) is 15.0. The van der Waals surface area contributed by atoms with Crippen molar-refractivity contribution in [3.63, 3.8) is 0 Å². The first-order valence-corrected chi connectivity index (χ1v) is 17.9. The van der Waals surface area contributed by atoms with Gasteiger partial charge < -0.3 is 10.1 Å². The standard InChI is InChI=1S/C32H50N4O4S2/c1-32(2,3)40-31(39)36(30(38)26-16-19-42-33-20-26)28(23-41-22-25-12-8-5-9-13-25)29(37)34-27-14-17-35(18-15-27)21-24-10-6-4-7-11-24/h4,6-7,10-11,25-28,33H,5,8-9,12-23H2,1-3H3,(H,34,37)/t26-,28+/m1/s1. The van der Waals surface area contributed by atoms with Crippen LogP contribution in [-0.4, -0.2) is 82.3 Å². The molecule has 0 bridgehead atoms. The Morgan fingerprint density at radius 2 is 1.79 bits per heavy atom. The predicted octanol–water partition coefficient (Wildman–Crippen LogP) is 5.47. The van der Waals surface area contributed by atoms with E-state index in [-0.39, 0.29) is 23.8 Å². The van der Waals surface area contributed by atoms with Gasteiger partial charge in [0.15, 0.2) is 0 Å². The minimum absolute atomic E-state index is 0.0127. The van der Waals surface area contributed by atoms with Crippen LogP contribution in [0, 0.1) is 11.8 Å². The number of carbonyl (C=O) groups excluding carboxylic acids is 3. The Labute approximate surface area is 261 Å². The summed E-state index contributed by atoms with van der Waals surface area (Å²) >= 11 is 3.29. The molecule has 3 fully saturated rings. The van der Waals surface area contributed by atoms with Gasteiger partial charge in [-0.15, -0.1) is 0 Å². The third kappa shape index (κ3) is 10.5. The summed E-state index contributed by atoms with van der Waals surface area (Å²) in [7, 11) is 0. The van der Waals surface area contributed by atoms with Crippen molar-refractivity contribution in [2.45, 2.75) is 96.4 Å². The number of hydrogen-bond acceptors (Lipinski definition) is 8. The maximum atomic E-state index is 14.0. The van der Waals surface area contributed by atoms with E-state index < -0.39 is 17.7 Å². The predicted molar refractivity (Wildman–Crippen MR) is 172 cm³/mol. The highest BCUT2D eigenvalue weighted by Crippen LogP contribution is 2.28. The number of benzene rings is 1. The fourth-order valence-corrected chi connectivity index (χ4v) is 8.16. The van der Waals surface area contributed by atoms with E-state index in [1.807, 2.05) is 6.07 Å². The monoisotopic (exact) mass is 618 g/mol. The molecule has 2 heterocycles. The van der Waals surface area contributed by atoms with Crippen molar-refractivity contribution in [2.24, 2.45) is 11.8 Å². The van der Waals surface area contributed by atoms with Crippen LogP contribution in [0.2, 0.25) is 0 Å². The van der Waals surface area contributed by atoms with Gasteiger partial charge in [0.1, 0.15) is 11.6 Å². The van der Waals surface area contributed by atoms with E-state index in [0.717, 1.165) is 44.0 Å². The molecule has 42 heavy (non-hydrogen) atoms. The highest BCUT2D eigenvalue weighted by atomic mass is 32.2. The molecule has 3 amide bonds. The van der Waals surface area contributed by atoms with Crippen molar-refractivity contribution in [1.29, 1.82) is 0 Å². The third-order valence-electron chi connectivity index (χ3n) is 8.33. The van der Waals surface area contributed by atoms with Crippen molar-refractivity contribution in [3.05, 3.63) is 35.9 Å². The Bertz CT molecular complexity index is 1000. The number of nitrogens with zero attached hydrogens (tertiary/aromatic N) is 2. The van der Waals surface area contributed by atoms with E-state index in [2.05, 4.69) is 39.2 Å². The van der Waals surface area contributed by atoms with Crippen LogP contribution in [0.5, 0.6) is 0 Å². The lowest BCUT2D eigenvalue weighted by molar-refractivity contribution is -0.142. The van der Waals surface area contributed by atoms with Crippen LogP contribution >= 0.6 is 23.7 Å². The Morgan fingerprint density at radius 3 is 2.43 bits per heavy atom. The number of amides is 3. The second-order valence-electron chi connectivity index (χ2n) is 13.0. The van der Waals surface area contributed by atoms with Crippen molar-refractivity contribution < 1.29 is 19.1 Å². The van der Waals surface area contributed by atoms with Crippen LogP contribution in [0.3, 0.4) is 0 Å². The van der Waals surface area contributed by atoms with Crippen molar-refractivity contribution in [3.8, 4) is 0 Å². The summed E-state index contributed by atoms with van der Waals surface area (Å²) in [6.45, 7) is 8.54. The molecule has 0 radical (unpaired) electrons. The molecular weight excluding hydrogens is 569 g/mol. The smallest absolute Gasteiger partial charge is 0.417 e. The van der Waals surface area contributed by atoms with Gasteiger partial charge in [-0.25, -0.2) is 9.69 Å². The summed E-state index contributed by atoms with van der Waals surface area (Å²) in [5, 5.41) is 3.25. The first-order chi connectivity index (χ1) is 20.2. The molecule has 8 nitrogen and oxygen atoms in total. The van der Waals surface area contributed by atoms with E-state index in [1.54, 1.807) is 44.5 Å². The molecule has 1 aliphatic carbocycles. The van der Waals surface area contributed by atoms with E-state index in [1.165, 1.54) is 42.6 Å². The first-order valence-electron chi connectivity index (χ1n) is 15.7. The minimum Gasteiger partial charge on any atom is -0.443 e. The number of carbonyl (C=O) groups is 3. The molecule has 10 heteroatoms. The van der Waals surface area contributed by atoms with Crippen molar-refractivity contribution in [2.75, 3.05) is 36.9 Å². The molecule has 0 aromatic heterocycles. The van der Waals surface area contributed by atoms with Gasteiger partial charge in [-0.2, -0.15) is 11.8 Å². The van der Waals surface area contributed by atoms with Gasteiger partial charge >= 0.3 is 6.09 Å². The third-order valence-corrected chi connectivity index (χ3v) is 10.4. The van der Waals surface area contributed by atoms with E-state index in [0.29, 0.717) is 24.6 Å². The van der Waals surface area contributed by atoms with Crippen molar-refractivity contribution >= 4 is 41.6 Å². The lowest BCUT2D eigenvalue weighted by atomic mass is 9.91. The fourth-order valence-electron chi connectivity index (χ4n) is 5.97.